The highest BCUT2D eigenvalue weighted by molar-refractivity contribution is 7.09. The molecule has 0 fully saturated rings. The summed E-state index contributed by atoms with van der Waals surface area (Å²) in [5.41, 5.74) is 1.03. The van der Waals surface area contributed by atoms with E-state index >= 15 is 0 Å². The Labute approximate surface area is 165 Å². The van der Waals surface area contributed by atoms with Crippen LogP contribution in [0.5, 0.6) is 0 Å². The van der Waals surface area contributed by atoms with Gasteiger partial charge in [0.15, 0.2) is 0 Å². The normalized spacial score (nSPS) is 11.1. The quantitative estimate of drug-likeness (QED) is 0.284. The molecule has 0 aliphatic carbocycles. The molecule has 0 bridgehead atoms. The van der Waals surface area contributed by atoms with E-state index in [1.54, 1.807) is 42.6 Å². The summed E-state index contributed by atoms with van der Waals surface area (Å²) in [6.45, 7) is 0.341. The summed E-state index contributed by atoms with van der Waals surface area (Å²) in [6.07, 6.45) is 2.98. The molecule has 0 unspecified atom stereocenters. The zero-order chi connectivity index (χ0) is 19.1. The van der Waals surface area contributed by atoms with Crippen molar-refractivity contribution in [1.82, 2.24) is 10.3 Å². The number of aromatic nitrogens is 1. The van der Waals surface area contributed by atoms with Gasteiger partial charge in [-0.05, 0) is 35.7 Å². The van der Waals surface area contributed by atoms with Gasteiger partial charge in [0.25, 0.3) is 11.8 Å². The van der Waals surface area contributed by atoms with Crippen LogP contribution in [0, 0.1) is 0 Å². The number of hydrogen-bond donors (Lipinski definition) is 2. The number of anilines is 1. The molecule has 0 saturated heterocycles. The number of hydrogen-bond acceptors (Lipinski definition) is 4. The van der Waals surface area contributed by atoms with E-state index in [2.05, 4.69) is 15.6 Å². The lowest BCUT2D eigenvalue weighted by Gasteiger charge is -2.10. The third kappa shape index (κ3) is 5.26. The Hall–Kier alpha value is -2.96. The Bertz CT molecular complexity index is 956. The number of nitrogens with one attached hydrogen (secondary N) is 2. The molecule has 7 heteroatoms. The average molecular weight is 398 g/mol. The number of halogens is 1. The molecule has 5 nitrogen and oxygen atoms in total. The fourth-order valence-corrected chi connectivity index (χ4v) is 3.11. The van der Waals surface area contributed by atoms with Crippen LogP contribution in [0.4, 0.5) is 5.69 Å². The standard InChI is InChI=1S/C20H16ClN3O2S/c21-18-14(6-4-10-22-18)12-17(19(25)23-13-16-9-5-11-27-16)20(26)24-15-7-2-1-3-8-15/h1-12H,13H2,(H,23,25)(H,24,26)/b17-12-. The average Bonchev–Trinajstić information content (AvgIpc) is 3.20. The summed E-state index contributed by atoms with van der Waals surface area (Å²) in [5, 5.41) is 7.64. The van der Waals surface area contributed by atoms with E-state index in [1.807, 2.05) is 23.6 Å². The summed E-state index contributed by atoms with van der Waals surface area (Å²) in [6, 6.07) is 16.1. The van der Waals surface area contributed by atoms with E-state index in [1.165, 1.54) is 17.4 Å². The summed E-state index contributed by atoms with van der Waals surface area (Å²) >= 11 is 7.61. The molecule has 2 heterocycles. The second-order valence-electron chi connectivity index (χ2n) is 5.52. The Kier molecular flexibility index (Phi) is 6.35. The maximum Gasteiger partial charge on any atom is 0.261 e. The molecule has 136 valence electrons. The van der Waals surface area contributed by atoms with Crippen molar-refractivity contribution in [3.63, 3.8) is 0 Å². The molecule has 0 aliphatic rings. The molecule has 27 heavy (non-hydrogen) atoms. The number of pyridine rings is 1. The molecule has 2 aromatic heterocycles. The highest BCUT2D eigenvalue weighted by Gasteiger charge is 2.19. The second-order valence-corrected chi connectivity index (χ2v) is 6.91. The number of para-hydroxylation sites is 1. The van der Waals surface area contributed by atoms with Crippen LogP contribution in [-0.2, 0) is 16.1 Å². The van der Waals surface area contributed by atoms with E-state index < -0.39 is 11.8 Å². The van der Waals surface area contributed by atoms with Gasteiger partial charge in [0, 0.05) is 22.3 Å². The first-order chi connectivity index (χ1) is 13.1. The Balaban J connectivity index is 1.84. The number of thiophene rings is 1. The highest BCUT2D eigenvalue weighted by Crippen LogP contribution is 2.17. The minimum absolute atomic E-state index is 0.0506. The molecule has 0 atom stereocenters. The van der Waals surface area contributed by atoms with Crippen molar-refractivity contribution in [1.29, 1.82) is 0 Å². The van der Waals surface area contributed by atoms with Gasteiger partial charge in [0.2, 0.25) is 0 Å². The van der Waals surface area contributed by atoms with Crippen LogP contribution in [0.25, 0.3) is 6.08 Å². The fourth-order valence-electron chi connectivity index (χ4n) is 2.29. The van der Waals surface area contributed by atoms with Gasteiger partial charge in [-0.2, -0.15) is 0 Å². The minimum atomic E-state index is -0.523. The van der Waals surface area contributed by atoms with Crippen molar-refractivity contribution in [2.45, 2.75) is 6.54 Å². The lowest BCUT2D eigenvalue weighted by molar-refractivity contribution is -0.121. The number of amides is 2. The fraction of sp³-hybridized carbons (Fsp3) is 0.0500. The lowest BCUT2D eigenvalue weighted by Crippen LogP contribution is -2.30. The molecule has 2 amide bonds. The van der Waals surface area contributed by atoms with Gasteiger partial charge >= 0.3 is 0 Å². The van der Waals surface area contributed by atoms with E-state index in [-0.39, 0.29) is 10.7 Å². The molecule has 1 aromatic carbocycles. The number of carbonyl (C=O) groups excluding carboxylic acids is 2. The maximum absolute atomic E-state index is 12.7. The van der Waals surface area contributed by atoms with Crippen LogP contribution in [-0.4, -0.2) is 16.8 Å². The summed E-state index contributed by atoms with van der Waals surface area (Å²) in [4.78, 5) is 30.4. The largest absolute Gasteiger partial charge is 0.347 e. The van der Waals surface area contributed by atoms with Crippen molar-refractivity contribution < 1.29 is 9.59 Å². The Morgan fingerprint density at radius 3 is 2.56 bits per heavy atom. The third-order valence-corrected chi connectivity index (χ3v) is 4.80. The Morgan fingerprint density at radius 1 is 1.04 bits per heavy atom. The van der Waals surface area contributed by atoms with E-state index in [0.717, 1.165) is 4.88 Å². The minimum Gasteiger partial charge on any atom is -0.347 e. The van der Waals surface area contributed by atoms with Crippen molar-refractivity contribution in [3.05, 3.63) is 87.3 Å². The topological polar surface area (TPSA) is 71.1 Å². The van der Waals surface area contributed by atoms with Crippen molar-refractivity contribution in [2.75, 3.05) is 5.32 Å². The number of nitrogens with zero attached hydrogens (tertiary/aromatic N) is 1. The summed E-state index contributed by atoms with van der Waals surface area (Å²) in [5.74, 6) is -1.01. The predicted molar refractivity (Wildman–Crippen MR) is 108 cm³/mol. The zero-order valence-electron chi connectivity index (χ0n) is 14.2. The number of rotatable bonds is 6. The molecule has 0 aliphatic heterocycles. The smallest absolute Gasteiger partial charge is 0.261 e. The van der Waals surface area contributed by atoms with Gasteiger partial charge in [0.1, 0.15) is 10.7 Å². The zero-order valence-corrected chi connectivity index (χ0v) is 15.8. The Morgan fingerprint density at radius 2 is 1.85 bits per heavy atom. The number of benzene rings is 1. The van der Waals surface area contributed by atoms with E-state index in [0.29, 0.717) is 17.8 Å². The first-order valence-corrected chi connectivity index (χ1v) is 9.38. The van der Waals surface area contributed by atoms with Gasteiger partial charge in [-0.25, -0.2) is 4.98 Å². The molecular formula is C20H16ClN3O2S. The number of carbonyl (C=O) groups is 2. The monoisotopic (exact) mass is 397 g/mol. The van der Waals surface area contributed by atoms with Gasteiger partial charge in [0.05, 0.1) is 6.54 Å². The van der Waals surface area contributed by atoms with Crippen molar-refractivity contribution in [3.8, 4) is 0 Å². The molecule has 2 N–H and O–H groups in total. The maximum atomic E-state index is 12.7. The van der Waals surface area contributed by atoms with Gasteiger partial charge in [-0.15, -0.1) is 11.3 Å². The van der Waals surface area contributed by atoms with Crippen LogP contribution < -0.4 is 10.6 Å². The van der Waals surface area contributed by atoms with Crippen LogP contribution in [0.3, 0.4) is 0 Å². The van der Waals surface area contributed by atoms with E-state index in [9.17, 15) is 9.59 Å². The van der Waals surface area contributed by atoms with Gasteiger partial charge in [-0.3, -0.25) is 9.59 Å². The predicted octanol–water partition coefficient (Wildman–Crippen LogP) is 4.14. The van der Waals surface area contributed by atoms with Gasteiger partial charge in [-0.1, -0.05) is 41.9 Å². The molecule has 0 radical (unpaired) electrons. The molecule has 3 aromatic rings. The van der Waals surface area contributed by atoms with Crippen LogP contribution in [0.2, 0.25) is 5.15 Å². The second kappa shape index (κ2) is 9.12. The molecule has 0 spiro atoms. The van der Waals surface area contributed by atoms with Crippen LogP contribution >= 0.6 is 22.9 Å². The summed E-state index contributed by atoms with van der Waals surface area (Å²) < 4.78 is 0. The highest BCUT2D eigenvalue weighted by atomic mass is 35.5. The SMILES string of the molecule is O=C(NCc1cccs1)/C(=C/c1cccnc1Cl)C(=O)Nc1ccccc1. The van der Waals surface area contributed by atoms with Crippen LogP contribution in [0.1, 0.15) is 10.4 Å². The molecule has 0 saturated carbocycles. The van der Waals surface area contributed by atoms with Crippen molar-refractivity contribution >= 4 is 46.5 Å². The van der Waals surface area contributed by atoms with Gasteiger partial charge < -0.3 is 10.6 Å². The molecule has 3 rings (SSSR count). The lowest BCUT2D eigenvalue weighted by atomic mass is 10.1. The first-order valence-electron chi connectivity index (χ1n) is 8.12. The molecular weight excluding hydrogens is 382 g/mol. The van der Waals surface area contributed by atoms with E-state index in [4.69, 9.17) is 11.6 Å². The first kappa shape index (κ1) is 18.8. The third-order valence-electron chi connectivity index (χ3n) is 3.61. The van der Waals surface area contributed by atoms with Crippen molar-refractivity contribution in [2.24, 2.45) is 0 Å². The van der Waals surface area contributed by atoms with Crippen LogP contribution in [0.15, 0.2) is 71.7 Å². The summed E-state index contributed by atoms with van der Waals surface area (Å²) in [7, 11) is 0.